The van der Waals surface area contributed by atoms with E-state index in [0.717, 1.165) is 53.0 Å². The topological polar surface area (TPSA) is 78.8 Å². The number of hydrogen-bond acceptors (Lipinski definition) is 5. The van der Waals surface area contributed by atoms with E-state index in [9.17, 15) is 10.1 Å². The number of aryl methyl sites for hydroxylation is 2. The van der Waals surface area contributed by atoms with Crippen molar-refractivity contribution in [2.75, 3.05) is 0 Å². The number of fused-ring (bicyclic) bond motifs is 3. The van der Waals surface area contributed by atoms with Gasteiger partial charge in [-0.2, -0.15) is 5.26 Å². The van der Waals surface area contributed by atoms with Crippen molar-refractivity contribution in [3.8, 4) is 11.8 Å². The number of benzene rings is 2. The number of rotatable bonds is 5. The third kappa shape index (κ3) is 4.08. The molecule has 0 saturated heterocycles. The normalized spacial score (nSPS) is 13.5. The number of nitrogens with zero attached hydrogens (tertiary/aromatic N) is 2. The number of thiophene rings is 1. The molecule has 5 rings (SSSR count). The predicted molar refractivity (Wildman–Crippen MR) is 128 cm³/mol. The molecule has 2 aromatic carbocycles. The van der Waals surface area contributed by atoms with Crippen LogP contribution in [0.15, 0.2) is 59.4 Å². The smallest absolute Gasteiger partial charge is 0.260 e. The SMILES string of the molecule is N#CC(=Cc1ccc(OCc2ccccc2)cc1)c1nc2sc3c(c2c(=O)[nH]1)CCCC3. The molecule has 0 unspecified atom stereocenters. The monoisotopic (exact) mass is 439 g/mol. The van der Waals surface area contributed by atoms with Gasteiger partial charge in [-0.05, 0) is 60.6 Å². The molecule has 0 radical (unpaired) electrons. The minimum absolute atomic E-state index is 0.157. The molecule has 5 nitrogen and oxygen atoms in total. The van der Waals surface area contributed by atoms with Gasteiger partial charge in [0.1, 0.15) is 23.3 Å². The second kappa shape index (κ2) is 8.81. The minimum Gasteiger partial charge on any atom is -0.489 e. The second-order valence-corrected chi connectivity index (χ2v) is 8.90. The van der Waals surface area contributed by atoms with Gasteiger partial charge in [0, 0.05) is 4.88 Å². The Morgan fingerprint density at radius 1 is 1.12 bits per heavy atom. The number of aromatic nitrogens is 2. The third-order valence-electron chi connectivity index (χ3n) is 5.64. The van der Waals surface area contributed by atoms with E-state index in [4.69, 9.17) is 4.74 Å². The third-order valence-corrected chi connectivity index (χ3v) is 6.83. The maximum atomic E-state index is 12.8. The number of nitriles is 1. The van der Waals surface area contributed by atoms with Crippen molar-refractivity contribution in [3.63, 3.8) is 0 Å². The van der Waals surface area contributed by atoms with Crippen molar-refractivity contribution in [2.24, 2.45) is 0 Å². The molecule has 32 heavy (non-hydrogen) atoms. The lowest BCUT2D eigenvalue weighted by molar-refractivity contribution is 0.306. The van der Waals surface area contributed by atoms with E-state index >= 15 is 0 Å². The van der Waals surface area contributed by atoms with Crippen LogP contribution in [0.5, 0.6) is 5.75 Å². The highest BCUT2D eigenvalue weighted by Gasteiger charge is 2.20. The number of aromatic amines is 1. The highest BCUT2D eigenvalue weighted by Crippen LogP contribution is 2.34. The number of H-pyrrole nitrogens is 1. The maximum Gasteiger partial charge on any atom is 0.260 e. The van der Waals surface area contributed by atoms with Crippen LogP contribution in [0.3, 0.4) is 0 Å². The number of hydrogen-bond donors (Lipinski definition) is 1. The van der Waals surface area contributed by atoms with Crippen LogP contribution in [0.1, 0.15) is 40.2 Å². The molecule has 6 heteroatoms. The van der Waals surface area contributed by atoms with Gasteiger partial charge < -0.3 is 9.72 Å². The van der Waals surface area contributed by atoms with Crippen LogP contribution in [-0.2, 0) is 19.4 Å². The van der Waals surface area contributed by atoms with Crippen LogP contribution in [-0.4, -0.2) is 9.97 Å². The summed E-state index contributed by atoms with van der Waals surface area (Å²) >= 11 is 1.58. The molecular weight excluding hydrogens is 418 g/mol. The lowest BCUT2D eigenvalue weighted by Crippen LogP contribution is -2.12. The average molecular weight is 440 g/mol. The molecule has 0 bridgehead atoms. The molecule has 1 aliphatic rings. The number of ether oxygens (including phenoxy) is 1. The van der Waals surface area contributed by atoms with E-state index in [-0.39, 0.29) is 5.56 Å². The standard InChI is InChI=1S/C26H21N3O2S/c27-15-19(14-17-10-12-20(13-11-17)31-16-18-6-2-1-3-7-18)24-28-25(30)23-21-8-4-5-9-22(21)32-26(23)29-24/h1-3,6-7,10-14H,4-5,8-9,16H2,(H,28,29,30). The van der Waals surface area contributed by atoms with Crippen LogP contribution < -0.4 is 10.3 Å². The van der Waals surface area contributed by atoms with Gasteiger partial charge in [-0.1, -0.05) is 42.5 Å². The van der Waals surface area contributed by atoms with E-state index in [1.165, 1.54) is 4.88 Å². The summed E-state index contributed by atoms with van der Waals surface area (Å²) in [5.74, 6) is 1.06. The van der Waals surface area contributed by atoms with Crippen molar-refractivity contribution >= 4 is 33.2 Å². The molecule has 1 N–H and O–H groups in total. The van der Waals surface area contributed by atoms with Gasteiger partial charge in [-0.25, -0.2) is 4.98 Å². The first-order valence-electron chi connectivity index (χ1n) is 10.6. The molecule has 4 aromatic rings. The number of nitrogens with one attached hydrogen (secondary N) is 1. The first kappa shape index (κ1) is 20.2. The van der Waals surface area contributed by atoms with Crippen LogP contribution >= 0.6 is 11.3 Å². The Morgan fingerprint density at radius 3 is 2.69 bits per heavy atom. The zero-order valence-corrected chi connectivity index (χ0v) is 18.2. The fourth-order valence-electron chi connectivity index (χ4n) is 4.01. The summed E-state index contributed by atoms with van der Waals surface area (Å²) in [4.78, 5) is 22.2. The largest absolute Gasteiger partial charge is 0.489 e. The summed E-state index contributed by atoms with van der Waals surface area (Å²) in [5.41, 5.74) is 3.25. The summed E-state index contributed by atoms with van der Waals surface area (Å²) in [5, 5.41) is 10.4. The van der Waals surface area contributed by atoms with Crippen molar-refractivity contribution < 1.29 is 4.74 Å². The van der Waals surface area contributed by atoms with Gasteiger partial charge in [-0.15, -0.1) is 11.3 Å². The van der Waals surface area contributed by atoms with Crippen molar-refractivity contribution in [1.82, 2.24) is 9.97 Å². The quantitative estimate of drug-likeness (QED) is 0.416. The van der Waals surface area contributed by atoms with E-state index in [2.05, 4.69) is 16.0 Å². The van der Waals surface area contributed by atoms with Gasteiger partial charge in [0.15, 0.2) is 5.82 Å². The minimum atomic E-state index is -0.157. The van der Waals surface area contributed by atoms with Crippen molar-refractivity contribution in [3.05, 3.63) is 92.3 Å². The van der Waals surface area contributed by atoms with Crippen LogP contribution in [0.25, 0.3) is 21.9 Å². The second-order valence-electron chi connectivity index (χ2n) is 7.82. The maximum absolute atomic E-state index is 12.8. The Labute approximate surface area is 189 Å². The van der Waals surface area contributed by atoms with Crippen LogP contribution in [0, 0.1) is 11.3 Å². The molecule has 0 atom stereocenters. The number of allylic oxidation sites excluding steroid dienone is 1. The Kier molecular flexibility index (Phi) is 5.57. The lowest BCUT2D eigenvalue weighted by Gasteiger charge is -2.09. The van der Waals surface area contributed by atoms with Gasteiger partial charge in [0.25, 0.3) is 5.56 Å². The summed E-state index contributed by atoms with van der Waals surface area (Å²) in [7, 11) is 0. The summed E-state index contributed by atoms with van der Waals surface area (Å²) in [6.45, 7) is 0.495. The van der Waals surface area contributed by atoms with E-state index in [1.807, 2.05) is 54.6 Å². The predicted octanol–water partition coefficient (Wildman–Crippen LogP) is 5.51. The Bertz CT molecular complexity index is 1390. The van der Waals surface area contributed by atoms with Gasteiger partial charge in [0.05, 0.1) is 11.0 Å². The van der Waals surface area contributed by atoms with Crippen LogP contribution in [0.4, 0.5) is 0 Å². The molecule has 2 heterocycles. The first-order chi connectivity index (χ1) is 15.7. The lowest BCUT2D eigenvalue weighted by atomic mass is 9.97. The van der Waals surface area contributed by atoms with Gasteiger partial charge in [0.2, 0.25) is 0 Å². The van der Waals surface area contributed by atoms with Crippen molar-refractivity contribution in [1.29, 1.82) is 5.26 Å². The highest BCUT2D eigenvalue weighted by molar-refractivity contribution is 7.18. The molecular formula is C26H21N3O2S. The molecule has 1 aliphatic carbocycles. The summed E-state index contributed by atoms with van der Waals surface area (Å²) in [6.07, 6.45) is 5.93. The fourth-order valence-corrected chi connectivity index (χ4v) is 5.27. The molecule has 2 aromatic heterocycles. The van der Waals surface area contributed by atoms with E-state index < -0.39 is 0 Å². The zero-order chi connectivity index (χ0) is 21.9. The van der Waals surface area contributed by atoms with Crippen LogP contribution in [0.2, 0.25) is 0 Å². The Balaban J connectivity index is 1.40. The average Bonchev–Trinajstić information content (AvgIpc) is 3.21. The summed E-state index contributed by atoms with van der Waals surface area (Å²) in [6, 6.07) is 19.7. The Morgan fingerprint density at radius 2 is 1.91 bits per heavy atom. The molecule has 0 saturated carbocycles. The molecule has 0 spiro atoms. The van der Waals surface area contributed by atoms with E-state index in [0.29, 0.717) is 23.4 Å². The molecule has 158 valence electrons. The molecule has 0 fully saturated rings. The Hall–Kier alpha value is -3.69. The highest BCUT2D eigenvalue weighted by atomic mass is 32.1. The first-order valence-corrected chi connectivity index (χ1v) is 11.5. The van der Waals surface area contributed by atoms with E-state index in [1.54, 1.807) is 17.4 Å². The van der Waals surface area contributed by atoms with Gasteiger partial charge >= 0.3 is 0 Å². The van der Waals surface area contributed by atoms with Crippen molar-refractivity contribution in [2.45, 2.75) is 32.3 Å². The molecule has 0 amide bonds. The fraction of sp³-hybridized carbons (Fsp3) is 0.192. The van der Waals surface area contributed by atoms with Gasteiger partial charge in [-0.3, -0.25) is 4.79 Å². The summed E-state index contributed by atoms with van der Waals surface area (Å²) < 4.78 is 5.82. The zero-order valence-electron chi connectivity index (χ0n) is 17.4. The molecule has 0 aliphatic heterocycles.